The minimum Gasteiger partial charge on any atom is -0.376 e. The second kappa shape index (κ2) is 9.11. The molecule has 3 atom stereocenters. The lowest BCUT2D eigenvalue weighted by molar-refractivity contribution is -0.127. The van der Waals surface area contributed by atoms with Crippen molar-refractivity contribution in [1.82, 2.24) is 15.5 Å². The second-order valence-electron chi connectivity index (χ2n) is 6.98. The maximum Gasteiger partial charge on any atom is 0.243 e. The molecule has 1 heterocycles. The zero-order valence-corrected chi connectivity index (χ0v) is 14.8. The number of hydrogen-bond acceptors (Lipinski definition) is 3. The monoisotopic (exact) mass is 324 g/mol. The summed E-state index contributed by atoms with van der Waals surface area (Å²) in [6, 6.07) is 0.439. The van der Waals surface area contributed by atoms with Crippen molar-refractivity contribution < 1.29 is 9.53 Å². The van der Waals surface area contributed by atoms with E-state index in [9.17, 15) is 4.79 Å². The van der Waals surface area contributed by atoms with Crippen LogP contribution in [0.25, 0.3) is 0 Å². The van der Waals surface area contributed by atoms with Gasteiger partial charge in [-0.1, -0.05) is 19.8 Å². The quantitative estimate of drug-likeness (QED) is 0.592. The molecule has 1 aliphatic carbocycles. The molecule has 1 saturated heterocycles. The third-order valence-corrected chi connectivity index (χ3v) is 4.83. The maximum atomic E-state index is 11.8. The number of nitrogens with zero attached hydrogens (tertiary/aromatic N) is 2. The minimum absolute atomic E-state index is 0.0138. The van der Waals surface area contributed by atoms with Crippen molar-refractivity contribution in [3.05, 3.63) is 0 Å². The van der Waals surface area contributed by atoms with Gasteiger partial charge in [0.2, 0.25) is 5.91 Å². The van der Waals surface area contributed by atoms with E-state index in [1.165, 1.54) is 25.7 Å². The first kappa shape index (κ1) is 18.0. The Morgan fingerprint density at radius 3 is 2.65 bits per heavy atom. The molecule has 1 aliphatic heterocycles. The molecule has 132 valence electrons. The number of aliphatic imine (C=N–C) groups is 1. The number of carbonyl (C=O) groups is 1. The number of ether oxygens (including phenoxy) is 1. The van der Waals surface area contributed by atoms with Crippen LogP contribution in [-0.2, 0) is 9.53 Å². The molecule has 3 unspecified atom stereocenters. The summed E-state index contributed by atoms with van der Waals surface area (Å²) in [6.07, 6.45) is 7.49. The van der Waals surface area contributed by atoms with Crippen molar-refractivity contribution in [3.8, 4) is 0 Å². The molecule has 2 N–H and O–H groups in total. The van der Waals surface area contributed by atoms with E-state index < -0.39 is 0 Å². The van der Waals surface area contributed by atoms with Crippen molar-refractivity contribution in [1.29, 1.82) is 0 Å². The van der Waals surface area contributed by atoms with Crippen LogP contribution in [0.5, 0.6) is 0 Å². The summed E-state index contributed by atoms with van der Waals surface area (Å²) in [5.74, 6) is 1.40. The largest absolute Gasteiger partial charge is 0.376 e. The predicted octanol–water partition coefficient (Wildman–Crippen LogP) is 1.37. The van der Waals surface area contributed by atoms with Gasteiger partial charge in [0, 0.05) is 33.3 Å². The Morgan fingerprint density at radius 2 is 2.00 bits per heavy atom. The zero-order chi connectivity index (χ0) is 16.7. The number of amides is 1. The summed E-state index contributed by atoms with van der Waals surface area (Å²) < 4.78 is 5.66. The van der Waals surface area contributed by atoms with Crippen molar-refractivity contribution in [2.75, 3.05) is 33.8 Å². The van der Waals surface area contributed by atoms with Gasteiger partial charge in [0.05, 0.1) is 6.10 Å². The molecule has 2 rings (SSSR count). The Bertz CT molecular complexity index is 405. The summed E-state index contributed by atoms with van der Waals surface area (Å²) >= 11 is 0. The summed E-state index contributed by atoms with van der Waals surface area (Å²) in [5, 5.41) is 6.90. The smallest absolute Gasteiger partial charge is 0.243 e. The van der Waals surface area contributed by atoms with Crippen LogP contribution in [0, 0.1) is 5.92 Å². The van der Waals surface area contributed by atoms with E-state index in [0.29, 0.717) is 12.0 Å². The molecule has 0 aromatic heterocycles. The molecule has 23 heavy (non-hydrogen) atoms. The van der Waals surface area contributed by atoms with Crippen LogP contribution in [-0.4, -0.2) is 62.7 Å². The SMILES string of the molecule is CC1CCCCC1NC(=NCC(=O)N(C)C)NCC1CCCO1. The predicted molar refractivity (Wildman–Crippen MR) is 92.5 cm³/mol. The Morgan fingerprint density at radius 1 is 1.22 bits per heavy atom. The third kappa shape index (κ3) is 6.01. The van der Waals surface area contributed by atoms with Crippen molar-refractivity contribution >= 4 is 11.9 Å². The van der Waals surface area contributed by atoms with Gasteiger partial charge in [-0.2, -0.15) is 0 Å². The van der Waals surface area contributed by atoms with Gasteiger partial charge in [0.25, 0.3) is 0 Å². The molecular formula is C17H32N4O2. The van der Waals surface area contributed by atoms with E-state index in [0.717, 1.165) is 32.0 Å². The molecular weight excluding hydrogens is 292 g/mol. The van der Waals surface area contributed by atoms with E-state index in [1.807, 2.05) is 0 Å². The van der Waals surface area contributed by atoms with E-state index in [2.05, 4.69) is 22.5 Å². The fraction of sp³-hybridized carbons (Fsp3) is 0.882. The lowest BCUT2D eigenvalue weighted by Gasteiger charge is -2.31. The highest BCUT2D eigenvalue weighted by atomic mass is 16.5. The summed E-state index contributed by atoms with van der Waals surface area (Å²) in [7, 11) is 3.52. The van der Waals surface area contributed by atoms with E-state index in [-0.39, 0.29) is 18.6 Å². The topological polar surface area (TPSA) is 66.0 Å². The Labute approximate surface area is 140 Å². The summed E-state index contributed by atoms with van der Waals surface area (Å²) in [5.41, 5.74) is 0. The van der Waals surface area contributed by atoms with Gasteiger partial charge < -0.3 is 20.3 Å². The lowest BCUT2D eigenvalue weighted by atomic mass is 9.86. The Balaban J connectivity index is 1.91. The fourth-order valence-electron chi connectivity index (χ4n) is 3.16. The van der Waals surface area contributed by atoms with Crippen molar-refractivity contribution in [3.63, 3.8) is 0 Å². The average molecular weight is 324 g/mol. The third-order valence-electron chi connectivity index (χ3n) is 4.83. The number of hydrogen-bond donors (Lipinski definition) is 2. The molecule has 0 aromatic rings. The highest BCUT2D eigenvalue weighted by molar-refractivity contribution is 5.85. The van der Waals surface area contributed by atoms with Gasteiger partial charge in [-0.15, -0.1) is 0 Å². The normalized spacial score (nSPS) is 28.5. The molecule has 6 heteroatoms. The highest BCUT2D eigenvalue weighted by Crippen LogP contribution is 2.23. The van der Waals surface area contributed by atoms with Crippen LogP contribution >= 0.6 is 0 Å². The number of guanidine groups is 1. The number of likely N-dealkylation sites (N-methyl/N-ethyl adjacent to an activating group) is 1. The van der Waals surface area contributed by atoms with Gasteiger partial charge in [-0.05, 0) is 31.6 Å². The number of rotatable bonds is 5. The first-order valence-corrected chi connectivity index (χ1v) is 8.93. The Hall–Kier alpha value is -1.30. The number of nitrogens with one attached hydrogen (secondary N) is 2. The molecule has 6 nitrogen and oxygen atoms in total. The average Bonchev–Trinajstić information content (AvgIpc) is 3.04. The van der Waals surface area contributed by atoms with Gasteiger partial charge in [-0.25, -0.2) is 4.99 Å². The van der Waals surface area contributed by atoms with E-state index >= 15 is 0 Å². The highest BCUT2D eigenvalue weighted by Gasteiger charge is 2.23. The number of carbonyl (C=O) groups excluding carboxylic acids is 1. The second-order valence-corrected chi connectivity index (χ2v) is 6.98. The van der Waals surface area contributed by atoms with Gasteiger partial charge >= 0.3 is 0 Å². The molecule has 2 fully saturated rings. The maximum absolute atomic E-state index is 11.8. The van der Waals surface area contributed by atoms with Crippen LogP contribution in [0.3, 0.4) is 0 Å². The van der Waals surface area contributed by atoms with Gasteiger partial charge in [0.15, 0.2) is 5.96 Å². The standard InChI is InChI=1S/C17H32N4O2/c1-13-7-4-5-9-15(13)20-17(19-12-16(22)21(2)3)18-11-14-8-6-10-23-14/h13-15H,4-12H2,1-3H3,(H2,18,19,20). The molecule has 0 radical (unpaired) electrons. The van der Waals surface area contributed by atoms with Crippen LogP contribution in [0.15, 0.2) is 4.99 Å². The van der Waals surface area contributed by atoms with Crippen LogP contribution in [0.2, 0.25) is 0 Å². The lowest BCUT2D eigenvalue weighted by Crippen LogP contribution is -2.49. The Kier molecular flexibility index (Phi) is 7.15. The minimum atomic E-state index is 0.0138. The first-order valence-electron chi connectivity index (χ1n) is 8.93. The molecule has 1 amide bonds. The fourth-order valence-corrected chi connectivity index (χ4v) is 3.16. The molecule has 0 aromatic carbocycles. The van der Waals surface area contributed by atoms with Gasteiger partial charge in [0.1, 0.15) is 6.54 Å². The van der Waals surface area contributed by atoms with Gasteiger partial charge in [-0.3, -0.25) is 4.79 Å². The van der Waals surface area contributed by atoms with E-state index in [1.54, 1.807) is 19.0 Å². The van der Waals surface area contributed by atoms with E-state index in [4.69, 9.17) is 4.74 Å². The van der Waals surface area contributed by atoms with Crippen LogP contribution in [0.4, 0.5) is 0 Å². The van der Waals surface area contributed by atoms with Crippen molar-refractivity contribution in [2.45, 2.75) is 57.6 Å². The summed E-state index contributed by atoms with van der Waals surface area (Å²) in [6.45, 7) is 4.07. The summed E-state index contributed by atoms with van der Waals surface area (Å²) in [4.78, 5) is 17.9. The zero-order valence-electron chi connectivity index (χ0n) is 14.8. The molecule has 0 bridgehead atoms. The van der Waals surface area contributed by atoms with Crippen LogP contribution in [0.1, 0.15) is 45.4 Å². The molecule has 1 saturated carbocycles. The molecule has 2 aliphatic rings. The van der Waals surface area contributed by atoms with Crippen molar-refractivity contribution in [2.24, 2.45) is 10.9 Å². The van der Waals surface area contributed by atoms with Crippen LogP contribution < -0.4 is 10.6 Å². The molecule has 0 spiro atoms. The first-order chi connectivity index (χ1) is 11.1.